The number of hydrogen-bond donors (Lipinski definition) is 1. The fourth-order valence-corrected chi connectivity index (χ4v) is 1.82. The summed E-state index contributed by atoms with van der Waals surface area (Å²) in [4.78, 5) is 0. The van der Waals surface area contributed by atoms with Gasteiger partial charge < -0.3 is 9.73 Å². The van der Waals surface area contributed by atoms with E-state index in [1.807, 2.05) is 31.2 Å². The van der Waals surface area contributed by atoms with Crippen molar-refractivity contribution >= 4 is 11.0 Å². The number of alkyl halides is 1. The molecule has 0 radical (unpaired) electrons. The van der Waals surface area contributed by atoms with Gasteiger partial charge in [-0.1, -0.05) is 13.0 Å². The molecule has 0 bridgehead atoms. The highest BCUT2D eigenvalue weighted by atomic mass is 19.1. The van der Waals surface area contributed by atoms with Gasteiger partial charge in [-0.15, -0.1) is 0 Å². The van der Waals surface area contributed by atoms with Crippen molar-refractivity contribution in [3.63, 3.8) is 0 Å². The van der Waals surface area contributed by atoms with E-state index in [0.717, 1.165) is 23.1 Å². The molecule has 1 aromatic carbocycles. The average molecular weight is 221 g/mol. The summed E-state index contributed by atoms with van der Waals surface area (Å²) in [6, 6.07) is 7.74. The van der Waals surface area contributed by atoms with Crippen LogP contribution in [-0.2, 0) is 0 Å². The van der Waals surface area contributed by atoms with Crippen molar-refractivity contribution < 1.29 is 8.81 Å². The van der Waals surface area contributed by atoms with Gasteiger partial charge in [0.2, 0.25) is 0 Å². The molecular formula is C13H16FNO. The monoisotopic (exact) mass is 221 g/mol. The molecule has 3 heteroatoms. The molecule has 0 saturated heterocycles. The van der Waals surface area contributed by atoms with E-state index in [1.165, 1.54) is 0 Å². The number of benzene rings is 1. The van der Waals surface area contributed by atoms with Crippen LogP contribution in [0.1, 0.15) is 18.4 Å². The number of hydrogen-bond acceptors (Lipinski definition) is 2. The van der Waals surface area contributed by atoms with E-state index in [1.54, 1.807) is 6.26 Å². The number of rotatable bonds is 5. The molecule has 2 rings (SSSR count). The summed E-state index contributed by atoms with van der Waals surface area (Å²) in [5.74, 6) is -0.0701. The second-order valence-electron chi connectivity index (χ2n) is 3.88. The largest absolute Gasteiger partial charge is 0.464 e. The summed E-state index contributed by atoms with van der Waals surface area (Å²) in [5.41, 5.74) is 1.88. The lowest BCUT2D eigenvalue weighted by molar-refractivity contribution is 0.417. The summed E-state index contributed by atoms with van der Waals surface area (Å²) in [7, 11) is 0. The minimum absolute atomic E-state index is 0.0701. The predicted octanol–water partition coefficient (Wildman–Crippen LogP) is 3.10. The predicted molar refractivity (Wildman–Crippen MR) is 63.5 cm³/mol. The number of furan rings is 1. The number of nitrogens with one attached hydrogen (secondary N) is 1. The van der Waals surface area contributed by atoms with Gasteiger partial charge in [-0.3, -0.25) is 4.39 Å². The highest BCUT2D eigenvalue weighted by Crippen LogP contribution is 2.22. The van der Waals surface area contributed by atoms with Crippen LogP contribution in [-0.4, -0.2) is 19.8 Å². The Labute approximate surface area is 94.4 Å². The van der Waals surface area contributed by atoms with Crippen LogP contribution in [0.4, 0.5) is 4.39 Å². The van der Waals surface area contributed by atoms with Crippen LogP contribution in [0.25, 0.3) is 11.0 Å². The molecule has 0 spiro atoms. The summed E-state index contributed by atoms with van der Waals surface area (Å²) in [6.45, 7) is 3.23. The molecule has 16 heavy (non-hydrogen) atoms. The van der Waals surface area contributed by atoms with Crippen molar-refractivity contribution in [2.45, 2.75) is 12.8 Å². The molecule has 0 fully saturated rings. The zero-order chi connectivity index (χ0) is 11.4. The van der Waals surface area contributed by atoms with Crippen molar-refractivity contribution in [2.75, 3.05) is 19.8 Å². The van der Waals surface area contributed by atoms with Gasteiger partial charge in [0, 0.05) is 17.8 Å². The minimum atomic E-state index is -0.337. The van der Waals surface area contributed by atoms with Gasteiger partial charge in [-0.05, 0) is 30.3 Å². The Morgan fingerprint density at radius 1 is 1.38 bits per heavy atom. The average Bonchev–Trinajstić information content (AvgIpc) is 2.77. The van der Waals surface area contributed by atoms with Gasteiger partial charge in [0.25, 0.3) is 0 Å². The molecule has 1 N–H and O–H groups in total. The van der Waals surface area contributed by atoms with Crippen LogP contribution in [0.5, 0.6) is 0 Å². The normalized spacial score (nSPS) is 13.1. The van der Waals surface area contributed by atoms with Crippen molar-refractivity contribution in [3.8, 4) is 0 Å². The van der Waals surface area contributed by atoms with Gasteiger partial charge in [0.05, 0.1) is 12.9 Å². The van der Waals surface area contributed by atoms with E-state index >= 15 is 0 Å². The topological polar surface area (TPSA) is 25.2 Å². The van der Waals surface area contributed by atoms with E-state index in [0.29, 0.717) is 6.54 Å². The third kappa shape index (κ3) is 2.25. The molecule has 0 aliphatic heterocycles. The Bertz CT molecular complexity index is 452. The van der Waals surface area contributed by atoms with Gasteiger partial charge in [0.1, 0.15) is 5.58 Å². The maximum Gasteiger partial charge on any atom is 0.133 e. The molecule has 2 nitrogen and oxygen atoms in total. The summed E-state index contributed by atoms with van der Waals surface area (Å²) in [5, 5.41) is 4.21. The Hall–Kier alpha value is -1.35. The number of likely N-dealkylation sites (N-methyl/N-ethyl adjacent to an activating group) is 1. The fraction of sp³-hybridized carbons (Fsp3) is 0.385. The molecule has 0 aliphatic carbocycles. The molecule has 0 saturated carbocycles. The van der Waals surface area contributed by atoms with Crippen LogP contribution >= 0.6 is 0 Å². The minimum Gasteiger partial charge on any atom is -0.464 e. The number of fused-ring (bicyclic) bond motifs is 1. The quantitative estimate of drug-likeness (QED) is 0.839. The Morgan fingerprint density at radius 3 is 3.00 bits per heavy atom. The zero-order valence-corrected chi connectivity index (χ0v) is 9.37. The molecule has 1 heterocycles. The maximum atomic E-state index is 12.9. The molecule has 2 aromatic rings. The van der Waals surface area contributed by atoms with E-state index < -0.39 is 0 Å². The first-order valence-corrected chi connectivity index (χ1v) is 5.59. The molecule has 1 aromatic heterocycles. The molecule has 0 amide bonds. The standard InChI is InChI=1S/C13H16FNO/c1-2-15-9-12(8-14)10-3-4-13-11(7-10)5-6-16-13/h3-7,12,15H,2,8-9H2,1H3. The fourth-order valence-electron chi connectivity index (χ4n) is 1.82. The van der Waals surface area contributed by atoms with Crippen molar-refractivity contribution in [1.29, 1.82) is 0 Å². The third-order valence-corrected chi connectivity index (χ3v) is 2.77. The lowest BCUT2D eigenvalue weighted by atomic mass is 9.99. The van der Waals surface area contributed by atoms with Crippen molar-refractivity contribution in [2.24, 2.45) is 0 Å². The Morgan fingerprint density at radius 2 is 2.25 bits per heavy atom. The molecular weight excluding hydrogens is 205 g/mol. The number of halogens is 1. The van der Waals surface area contributed by atoms with Crippen LogP contribution in [0.15, 0.2) is 34.9 Å². The van der Waals surface area contributed by atoms with Gasteiger partial charge in [-0.2, -0.15) is 0 Å². The molecule has 1 atom stereocenters. The van der Waals surface area contributed by atoms with E-state index in [2.05, 4.69) is 5.32 Å². The van der Waals surface area contributed by atoms with Crippen LogP contribution in [0.3, 0.4) is 0 Å². The molecule has 0 aliphatic rings. The van der Waals surface area contributed by atoms with E-state index in [9.17, 15) is 4.39 Å². The first-order chi connectivity index (χ1) is 7.85. The van der Waals surface area contributed by atoms with Crippen LogP contribution in [0, 0.1) is 0 Å². The smallest absolute Gasteiger partial charge is 0.133 e. The molecule has 1 unspecified atom stereocenters. The lowest BCUT2D eigenvalue weighted by Crippen LogP contribution is -2.22. The SMILES string of the molecule is CCNCC(CF)c1ccc2occc2c1. The lowest BCUT2D eigenvalue weighted by Gasteiger charge is -2.13. The second kappa shape index (κ2) is 5.12. The zero-order valence-electron chi connectivity index (χ0n) is 9.37. The maximum absolute atomic E-state index is 12.9. The van der Waals surface area contributed by atoms with Gasteiger partial charge in [0.15, 0.2) is 0 Å². The van der Waals surface area contributed by atoms with E-state index in [-0.39, 0.29) is 12.6 Å². The van der Waals surface area contributed by atoms with Crippen LogP contribution in [0.2, 0.25) is 0 Å². The molecule has 86 valence electrons. The van der Waals surface area contributed by atoms with Gasteiger partial charge in [-0.25, -0.2) is 0 Å². The Balaban J connectivity index is 2.22. The summed E-state index contributed by atoms with van der Waals surface area (Å²) < 4.78 is 18.2. The Kier molecular flexibility index (Phi) is 3.57. The third-order valence-electron chi connectivity index (χ3n) is 2.77. The van der Waals surface area contributed by atoms with E-state index in [4.69, 9.17) is 4.42 Å². The summed E-state index contributed by atoms with van der Waals surface area (Å²) in [6.07, 6.45) is 1.66. The first kappa shape index (κ1) is 11.1. The van der Waals surface area contributed by atoms with Crippen molar-refractivity contribution in [3.05, 3.63) is 36.1 Å². The summed E-state index contributed by atoms with van der Waals surface area (Å²) >= 11 is 0. The second-order valence-corrected chi connectivity index (χ2v) is 3.88. The highest BCUT2D eigenvalue weighted by molar-refractivity contribution is 5.77. The van der Waals surface area contributed by atoms with Crippen molar-refractivity contribution in [1.82, 2.24) is 5.32 Å². The first-order valence-electron chi connectivity index (χ1n) is 5.59. The van der Waals surface area contributed by atoms with Crippen LogP contribution < -0.4 is 5.32 Å². The highest BCUT2D eigenvalue weighted by Gasteiger charge is 2.11. The van der Waals surface area contributed by atoms with Gasteiger partial charge >= 0.3 is 0 Å².